The molecule has 25 heavy (non-hydrogen) atoms. The van der Waals surface area contributed by atoms with Crippen LogP contribution in [0.5, 0.6) is 11.5 Å². The van der Waals surface area contributed by atoms with Gasteiger partial charge in [-0.25, -0.2) is 0 Å². The van der Waals surface area contributed by atoms with Gasteiger partial charge in [0, 0.05) is 33.5 Å². The molecule has 5 heteroatoms. The lowest BCUT2D eigenvalue weighted by Gasteiger charge is -2.38. The predicted molar refractivity (Wildman–Crippen MR) is 96.2 cm³/mol. The molecule has 1 spiro atoms. The first-order chi connectivity index (χ1) is 12.1. The van der Waals surface area contributed by atoms with E-state index in [-0.39, 0.29) is 5.91 Å². The fourth-order valence-electron chi connectivity index (χ4n) is 3.83. The van der Waals surface area contributed by atoms with Crippen molar-refractivity contribution < 1.29 is 9.53 Å². The molecule has 0 saturated carbocycles. The molecule has 3 aromatic rings. The minimum absolute atomic E-state index is 0.110. The fraction of sp³-hybridized carbons (Fsp3) is 0.0500. The predicted octanol–water partition coefficient (Wildman–Crippen LogP) is 4.06. The van der Waals surface area contributed by atoms with E-state index in [9.17, 15) is 4.79 Å². The Bertz CT molecular complexity index is 1010. The highest BCUT2D eigenvalue weighted by molar-refractivity contribution is 6.30. The molecule has 0 fully saturated rings. The minimum Gasteiger partial charge on any atom is -0.456 e. The van der Waals surface area contributed by atoms with Crippen LogP contribution in [-0.2, 0) is 5.54 Å². The van der Waals surface area contributed by atoms with Crippen LogP contribution in [0.1, 0.15) is 27.0 Å². The van der Waals surface area contributed by atoms with Gasteiger partial charge in [0.15, 0.2) is 0 Å². The third-order valence-corrected chi connectivity index (χ3v) is 5.09. The van der Waals surface area contributed by atoms with E-state index in [1.807, 2.05) is 42.5 Å². The number of rotatable bonds is 0. The van der Waals surface area contributed by atoms with E-state index in [1.54, 1.807) is 18.2 Å². The van der Waals surface area contributed by atoms with Gasteiger partial charge in [-0.15, -0.1) is 0 Å². The molecule has 2 aliphatic rings. The molecule has 122 valence electrons. The van der Waals surface area contributed by atoms with Crippen molar-refractivity contribution in [3.05, 3.63) is 87.9 Å². The molecule has 1 amide bonds. The van der Waals surface area contributed by atoms with Crippen LogP contribution in [0.4, 0.5) is 5.69 Å². The molecule has 3 N–H and O–H groups in total. The van der Waals surface area contributed by atoms with Crippen LogP contribution in [0.25, 0.3) is 0 Å². The lowest BCUT2D eigenvalue weighted by atomic mass is 9.76. The Kier molecular flexibility index (Phi) is 2.74. The number of ether oxygens (including phenoxy) is 1. The number of carbonyl (C=O) groups is 1. The number of anilines is 1. The van der Waals surface area contributed by atoms with E-state index >= 15 is 0 Å². The SMILES string of the molecule is Nc1ccc2c(c1)Oc1cc(Cl)ccc1C21NC(=O)c2ccccc21. The molecule has 5 rings (SSSR count). The van der Waals surface area contributed by atoms with Crippen LogP contribution < -0.4 is 15.8 Å². The molecule has 1 atom stereocenters. The summed E-state index contributed by atoms with van der Waals surface area (Å²) in [5.41, 5.74) is 9.00. The van der Waals surface area contributed by atoms with E-state index in [2.05, 4.69) is 5.32 Å². The van der Waals surface area contributed by atoms with Gasteiger partial charge in [-0.05, 0) is 29.8 Å². The van der Waals surface area contributed by atoms with Crippen LogP contribution in [-0.4, -0.2) is 5.91 Å². The summed E-state index contributed by atoms with van der Waals surface area (Å²) in [6, 6.07) is 18.6. The third kappa shape index (κ3) is 1.80. The van der Waals surface area contributed by atoms with E-state index in [1.165, 1.54) is 0 Å². The summed E-state index contributed by atoms with van der Waals surface area (Å²) in [4.78, 5) is 12.7. The normalized spacial score (nSPS) is 19.6. The molecule has 2 heterocycles. The highest BCUT2D eigenvalue weighted by Gasteiger charge is 2.50. The monoisotopic (exact) mass is 348 g/mol. The number of nitrogens with two attached hydrogens (primary N) is 1. The second kappa shape index (κ2) is 4.77. The smallest absolute Gasteiger partial charge is 0.252 e. The Morgan fingerprint density at radius 3 is 2.48 bits per heavy atom. The maximum atomic E-state index is 12.7. The lowest BCUT2D eigenvalue weighted by Crippen LogP contribution is -2.43. The number of hydrogen-bond acceptors (Lipinski definition) is 3. The van der Waals surface area contributed by atoms with Gasteiger partial charge in [0.1, 0.15) is 17.0 Å². The summed E-state index contributed by atoms with van der Waals surface area (Å²) in [7, 11) is 0. The van der Waals surface area contributed by atoms with Gasteiger partial charge < -0.3 is 15.8 Å². The van der Waals surface area contributed by atoms with Crippen molar-refractivity contribution in [3.8, 4) is 11.5 Å². The van der Waals surface area contributed by atoms with Crippen molar-refractivity contribution in [2.24, 2.45) is 0 Å². The average molecular weight is 349 g/mol. The van der Waals surface area contributed by atoms with Crippen LogP contribution in [0.15, 0.2) is 60.7 Å². The topological polar surface area (TPSA) is 64.3 Å². The molecular weight excluding hydrogens is 336 g/mol. The Balaban J connectivity index is 1.91. The molecule has 0 bridgehead atoms. The summed E-state index contributed by atoms with van der Waals surface area (Å²) in [5.74, 6) is 1.12. The van der Waals surface area contributed by atoms with Crippen molar-refractivity contribution in [2.45, 2.75) is 5.54 Å². The van der Waals surface area contributed by atoms with Gasteiger partial charge >= 0.3 is 0 Å². The Labute approximate surface area is 149 Å². The zero-order chi connectivity index (χ0) is 17.2. The summed E-state index contributed by atoms with van der Waals surface area (Å²) >= 11 is 6.17. The summed E-state index contributed by atoms with van der Waals surface area (Å²) in [5, 5.41) is 3.75. The lowest BCUT2D eigenvalue weighted by molar-refractivity contribution is 0.0947. The first-order valence-corrected chi connectivity index (χ1v) is 8.27. The minimum atomic E-state index is -0.811. The van der Waals surface area contributed by atoms with Crippen LogP contribution in [0.2, 0.25) is 5.02 Å². The highest BCUT2D eigenvalue weighted by atomic mass is 35.5. The number of hydrogen-bond donors (Lipinski definition) is 2. The second-order valence-electron chi connectivity index (χ2n) is 6.25. The van der Waals surface area contributed by atoms with Gasteiger partial charge in [-0.1, -0.05) is 41.9 Å². The molecule has 0 saturated heterocycles. The van der Waals surface area contributed by atoms with E-state index < -0.39 is 5.54 Å². The second-order valence-corrected chi connectivity index (χ2v) is 6.68. The fourth-order valence-corrected chi connectivity index (χ4v) is 3.99. The van der Waals surface area contributed by atoms with Gasteiger partial charge in [0.2, 0.25) is 0 Å². The summed E-state index contributed by atoms with van der Waals surface area (Å²) < 4.78 is 6.06. The van der Waals surface area contributed by atoms with E-state index in [0.29, 0.717) is 27.8 Å². The van der Waals surface area contributed by atoms with Gasteiger partial charge in [-0.3, -0.25) is 4.79 Å². The molecule has 4 nitrogen and oxygen atoms in total. The van der Waals surface area contributed by atoms with Crippen LogP contribution >= 0.6 is 11.6 Å². The van der Waals surface area contributed by atoms with Gasteiger partial charge in [0.25, 0.3) is 5.91 Å². The third-order valence-electron chi connectivity index (χ3n) is 4.85. The average Bonchev–Trinajstić information content (AvgIpc) is 2.88. The van der Waals surface area contributed by atoms with Gasteiger partial charge in [0.05, 0.1) is 0 Å². The van der Waals surface area contributed by atoms with Crippen molar-refractivity contribution in [1.82, 2.24) is 5.32 Å². The highest BCUT2D eigenvalue weighted by Crippen LogP contribution is 2.53. The first kappa shape index (κ1) is 14.4. The summed E-state index contributed by atoms with van der Waals surface area (Å²) in [6.07, 6.45) is 0. The molecule has 0 aliphatic carbocycles. The Morgan fingerprint density at radius 2 is 1.64 bits per heavy atom. The van der Waals surface area contributed by atoms with Gasteiger partial charge in [-0.2, -0.15) is 0 Å². The van der Waals surface area contributed by atoms with Crippen molar-refractivity contribution in [1.29, 1.82) is 0 Å². The number of carbonyl (C=O) groups excluding carboxylic acids is 1. The molecule has 2 aliphatic heterocycles. The molecule has 0 radical (unpaired) electrons. The van der Waals surface area contributed by atoms with Crippen LogP contribution in [0.3, 0.4) is 0 Å². The van der Waals surface area contributed by atoms with Crippen LogP contribution in [0, 0.1) is 0 Å². The molecule has 3 aromatic carbocycles. The standard InChI is InChI=1S/C20H13ClN2O2/c21-11-5-7-15-17(9-11)25-18-10-12(22)6-8-16(18)20(15)14-4-2-1-3-13(14)19(24)23-20/h1-10H,22H2,(H,23,24). The number of fused-ring (bicyclic) bond motifs is 6. The number of nitrogens with one attached hydrogen (secondary N) is 1. The van der Waals surface area contributed by atoms with Crippen molar-refractivity contribution in [2.75, 3.05) is 5.73 Å². The van der Waals surface area contributed by atoms with Crippen molar-refractivity contribution in [3.63, 3.8) is 0 Å². The molecule has 1 unspecified atom stereocenters. The number of amides is 1. The molecular formula is C20H13ClN2O2. The molecule has 0 aromatic heterocycles. The first-order valence-electron chi connectivity index (χ1n) is 7.89. The zero-order valence-corrected chi connectivity index (χ0v) is 13.8. The van der Waals surface area contributed by atoms with E-state index in [0.717, 1.165) is 16.7 Å². The zero-order valence-electron chi connectivity index (χ0n) is 13.0. The summed E-state index contributed by atoms with van der Waals surface area (Å²) in [6.45, 7) is 0. The van der Waals surface area contributed by atoms with Crippen molar-refractivity contribution >= 4 is 23.2 Å². The Morgan fingerprint density at radius 1 is 0.920 bits per heavy atom. The quantitative estimate of drug-likeness (QED) is 0.602. The maximum absolute atomic E-state index is 12.7. The number of nitrogen functional groups attached to an aromatic ring is 1. The van der Waals surface area contributed by atoms with E-state index in [4.69, 9.17) is 22.1 Å². The number of benzene rings is 3. The maximum Gasteiger partial charge on any atom is 0.252 e. The largest absolute Gasteiger partial charge is 0.456 e. The number of halogens is 1. The Hall–Kier alpha value is -2.98.